The van der Waals surface area contributed by atoms with Gasteiger partial charge in [0, 0.05) is 18.7 Å². The quantitative estimate of drug-likeness (QED) is 0.157. The zero-order valence-electron chi connectivity index (χ0n) is 25.4. The summed E-state index contributed by atoms with van der Waals surface area (Å²) in [5.41, 5.74) is -0.641. The Balaban J connectivity index is 1.42. The molecule has 0 saturated heterocycles. The van der Waals surface area contributed by atoms with Crippen LogP contribution in [0.1, 0.15) is 26.7 Å². The average molecular weight is 691 g/mol. The summed E-state index contributed by atoms with van der Waals surface area (Å²) < 4.78 is 51.0. The van der Waals surface area contributed by atoms with Crippen molar-refractivity contribution in [2.75, 3.05) is 21.6 Å². The Labute approximate surface area is 280 Å². The summed E-state index contributed by atoms with van der Waals surface area (Å²) in [6, 6.07) is 21.6. The van der Waals surface area contributed by atoms with Crippen molar-refractivity contribution in [1.82, 2.24) is 9.97 Å². The zero-order valence-corrected chi connectivity index (χ0v) is 27.8. The van der Waals surface area contributed by atoms with Crippen LogP contribution in [0.5, 0.6) is 5.75 Å². The standard InChI is InChI=1S/C33H28ClFN6O4S2/c1-33(2,19-36)45-27-11-7-10-25(29(27)34)41(47(43,44)22-8-5-4-6-9-22)26-18-21(14-15-23(26)35)40(3)28-17-16-24-31(38-28)46-32(37-24)39-30(42)20-12-13-20/h4-11,14-18,20H,12-13H2,1-3H3,(H,37,39,42). The number of nitrogens with zero attached hydrogens (tertiary/aromatic N) is 5. The number of carbonyl (C=O) groups excluding carboxylic acids is 1. The first-order valence-electron chi connectivity index (χ1n) is 14.5. The molecule has 1 aliphatic rings. The van der Waals surface area contributed by atoms with E-state index in [2.05, 4.69) is 10.3 Å². The SMILES string of the molecule is CN(c1ccc(F)c(N(c2cccc(OC(C)(C)C#N)c2Cl)S(=O)(=O)c2ccccc2)c1)c1ccc2nc(NC(=O)C3CC3)sc2n1. The highest BCUT2D eigenvalue weighted by Gasteiger charge is 2.33. The minimum atomic E-state index is -4.45. The third-order valence-corrected chi connectivity index (χ3v) is 10.4. The molecule has 47 heavy (non-hydrogen) atoms. The number of amides is 1. The monoisotopic (exact) mass is 690 g/mol. The number of aromatic nitrogens is 2. The number of fused-ring (bicyclic) bond motifs is 1. The van der Waals surface area contributed by atoms with E-state index in [1.807, 2.05) is 6.07 Å². The molecular weight excluding hydrogens is 663 g/mol. The van der Waals surface area contributed by atoms with E-state index < -0.39 is 21.4 Å². The van der Waals surface area contributed by atoms with E-state index >= 15 is 4.39 Å². The van der Waals surface area contributed by atoms with Crippen molar-refractivity contribution in [3.05, 3.63) is 89.7 Å². The molecule has 2 aromatic heterocycles. The molecule has 240 valence electrons. The third kappa shape index (κ3) is 6.58. The summed E-state index contributed by atoms with van der Waals surface area (Å²) in [6.45, 7) is 3.08. The number of pyridine rings is 1. The number of ether oxygens (including phenoxy) is 1. The van der Waals surface area contributed by atoms with E-state index in [0.717, 1.165) is 17.1 Å². The smallest absolute Gasteiger partial charge is 0.268 e. The number of nitrogens with one attached hydrogen (secondary N) is 1. The predicted octanol–water partition coefficient (Wildman–Crippen LogP) is 7.81. The number of benzene rings is 3. The maximum Gasteiger partial charge on any atom is 0.268 e. The van der Waals surface area contributed by atoms with Crippen LogP contribution in [-0.2, 0) is 14.8 Å². The van der Waals surface area contributed by atoms with Crippen molar-refractivity contribution < 1.29 is 22.3 Å². The van der Waals surface area contributed by atoms with E-state index in [1.165, 1.54) is 73.7 Å². The summed E-state index contributed by atoms with van der Waals surface area (Å²) in [5.74, 6) is -0.329. The largest absolute Gasteiger partial charge is 0.471 e. The number of sulfonamides is 1. The highest BCUT2D eigenvalue weighted by molar-refractivity contribution is 7.93. The van der Waals surface area contributed by atoms with Crippen LogP contribution in [-0.4, -0.2) is 36.9 Å². The van der Waals surface area contributed by atoms with Gasteiger partial charge in [0.1, 0.15) is 38.8 Å². The van der Waals surface area contributed by atoms with Crippen molar-refractivity contribution in [2.24, 2.45) is 5.92 Å². The second-order valence-electron chi connectivity index (χ2n) is 11.4. The lowest BCUT2D eigenvalue weighted by Crippen LogP contribution is -2.29. The van der Waals surface area contributed by atoms with E-state index in [0.29, 0.717) is 27.0 Å². The lowest BCUT2D eigenvalue weighted by molar-refractivity contribution is -0.117. The van der Waals surface area contributed by atoms with Gasteiger partial charge in [0.05, 0.1) is 16.3 Å². The van der Waals surface area contributed by atoms with Crippen LogP contribution in [0.2, 0.25) is 5.02 Å². The fourth-order valence-electron chi connectivity index (χ4n) is 4.72. The summed E-state index contributed by atoms with van der Waals surface area (Å²) in [4.78, 5) is 23.5. The summed E-state index contributed by atoms with van der Waals surface area (Å²) in [7, 11) is -2.74. The number of rotatable bonds is 10. The first-order valence-corrected chi connectivity index (χ1v) is 17.1. The molecular formula is C33H28ClFN6O4S2. The summed E-state index contributed by atoms with van der Waals surface area (Å²) in [6.07, 6.45) is 1.75. The van der Waals surface area contributed by atoms with Crippen LogP contribution in [0.25, 0.3) is 10.3 Å². The molecule has 0 radical (unpaired) electrons. The summed E-state index contributed by atoms with van der Waals surface area (Å²) in [5, 5.41) is 12.7. The average Bonchev–Trinajstić information content (AvgIpc) is 3.83. The number of carbonyl (C=O) groups is 1. The van der Waals surface area contributed by atoms with Crippen LogP contribution >= 0.6 is 22.9 Å². The molecule has 1 amide bonds. The first-order chi connectivity index (χ1) is 22.4. The maximum absolute atomic E-state index is 15.9. The number of hydrogen-bond acceptors (Lipinski definition) is 9. The van der Waals surface area contributed by atoms with Gasteiger partial charge < -0.3 is 15.0 Å². The van der Waals surface area contributed by atoms with Gasteiger partial charge in [-0.25, -0.2) is 27.1 Å². The fourth-order valence-corrected chi connectivity index (χ4v) is 7.37. The third-order valence-electron chi connectivity index (χ3n) is 7.38. The number of nitriles is 1. The van der Waals surface area contributed by atoms with E-state index in [1.54, 1.807) is 42.3 Å². The number of thiazole rings is 1. The first kappa shape index (κ1) is 32.2. The lowest BCUT2D eigenvalue weighted by atomic mass is 10.1. The van der Waals surface area contributed by atoms with Crippen LogP contribution in [0.3, 0.4) is 0 Å². The molecule has 0 spiro atoms. The minimum Gasteiger partial charge on any atom is -0.471 e. The van der Waals surface area contributed by atoms with Gasteiger partial charge in [-0.2, -0.15) is 5.26 Å². The van der Waals surface area contributed by atoms with Gasteiger partial charge >= 0.3 is 0 Å². The molecule has 14 heteroatoms. The molecule has 0 unspecified atom stereocenters. The van der Waals surface area contributed by atoms with Crippen molar-refractivity contribution in [1.29, 1.82) is 5.26 Å². The van der Waals surface area contributed by atoms with Crippen LogP contribution in [0.15, 0.2) is 83.8 Å². The lowest BCUT2D eigenvalue weighted by Gasteiger charge is -2.29. The molecule has 0 bridgehead atoms. The molecule has 2 heterocycles. The Bertz CT molecular complexity index is 2150. The van der Waals surface area contributed by atoms with Gasteiger partial charge in [-0.1, -0.05) is 47.2 Å². The zero-order chi connectivity index (χ0) is 33.5. The Morgan fingerprint density at radius 2 is 1.81 bits per heavy atom. The second kappa shape index (κ2) is 12.4. The Hall–Kier alpha value is -4.77. The van der Waals surface area contributed by atoms with E-state index in [-0.39, 0.29) is 38.9 Å². The van der Waals surface area contributed by atoms with Crippen molar-refractivity contribution >= 4 is 77.2 Å². The molecule has 10 nitrogen and oxygen atoms in total. The van der Waals surface area contributed by atoms with Crippen molar-refractivity contribution in [2.45, 2.75) is 37.2 Å². The predicted molar refractivity (Wildman–Crippen MR) is 181 cm³/mol. The minimum absolute atomic E-state index is 0.0314. The van der Waals surface area contributed by atoms with Gasteiger partial charge in [0.2, 0.25) is 5.91 Å². The number of halogens is 2. The molecule has 1 saturated carbocycles. The van der Waals surface area contributed by atoms with Crippen molar-refractivity contribution in [3.8, 4) is 11.8 Å². The Morgan fingerprint density at radius 3 is 2.51 bits per heavy atom. The second-order valence-corrected chi connectivity index (χ2v) is 14.5. The molecule has 3 aromatic carbocycles. The molecule has 1 fully saturated rings. The molecule has 5 aromatic rings. The fraction of sp³-hybridized carbons (Fsp3) is 0.212. The van der Waals surface area contributed by atoms with Gasteiger partial charge in [-0.15, -0.1) is 0 Å². The molecule has 1 N–H and O–H groups in total. The Kier molecular flexibility index (Phi) is 8.52. The highest BCUT2D eigenvalue weighted by Crippen LogP contribution is 2.44. The van der Waals surface area contributed by atoms with Crippen LogP contribution < -0.4 is 19.3 Å². The molecule has 0 atom stereocenters. The van der Waals surface area contributed by atoms with E-state index in [4.69, 9.17) is 21.3 Å². The van der Waals surface area contributed by atoms with Gasteiger partial charge in [-0.05, 0) is 81.3 Å². The highest BCUT2D eigenvalue weighted by atomic mass is 35.5. The normalized spacial score (nSPS) is 13.2. The van der Waals surface area contributed by atoms with Crippen LogP contribution in [0, 0.1) is 23.1 Å². The molecule has 0 aliphatic heterocycles. The molecule has 1 aliphatic carbocycles. The van der Waals surface area contributed by atoms with Crippen molar-refractivity contribution in [3.63, 3.8) is 0 Å². The van der Waals surface area contributed by atoms with Gasteiger partial charge in [0.25, 0.3) is 10.0 Å². The summed E-state index contributed by atoms with van der Waals surface area (Å²) >= 11 is 8.00. The van der Waals surface area contributed by atoms with E-state index in [9.17, 15) is 18.5 Å². The van der Waals surface area contributed by atoms with Crippen LogP contribution in [0.4, 0.5) is 32.4 Å². The number of anilines is 5. The van der Waals surface area contributed by atoms with Gasteiger partial charge in [0.15, 0.2) is 10.7 Å². The number of hydrogen-bond donors (Lipinski definition) is 1. The Morgan fingerprint density at radius 1 is 1.06 bits per heavy atom. The maximum atomic E-state index is 15.9. The topological polar surface area (TPSA) is 129 Å². The van der Waals surface area contributed by atoms with Gasteiger partial charge in [-0.3, -0.25) is 4.79 Å². The molecule has 6 rings (SSSR count).